The average molecular weight is 667 g/mol. The van der Waals surface area contributed by atoms with Crippen molar-refractivity contribution in [2.45, 2.75) is 115 Å². The van der Waals surface area contributed by atoms with E-state index >= 15 is 0 Å². The van der Waals surface area contributed by atoms with Gasteiger partial charge >= 0.3 is 12.1 Å². The van der Waals surface area contributed by atoms with Crippen LogP contribution >= 0.6 is 0 Å². The third-order valence-electron chi connectivity index (χ3n) is 8.81. The van der Waals surface area contributed by atoms with E-state index < -0.39 is 53.1 Å². The molecule has 0 radical (unpaired) electrons. The summed E-state index contributed by atoms with van der Waals surface area (Å²) in [6, 6.07) is 6.75. The van der Waals surface area contributed by atoms with Gasteiger partial charge in [0, 0.05) is 12.7 Å². The Morgan fingerprint density at radius 3 is 2.29 bits per heavy atom. The van der Waals surface area contributed by atoms with E-state index in [0.29, 0.717) is 31.4 Å². The lowest BCUT2D eigenvalue weighted by atomic mass is 9.84. The zero-order valence-electron chi connectivity index (χ0n) is 28.9. The van der Waals surface area contributed by atoms with Gasteiger partial charge in [0.05, 0.1) is 13.4 Å². The molecule has 1 aromatic heterocycles. The van der Waals surface area contributed by atoms with E-state index in [4.69, 9.17) is 9.47 Å². The minimum absolute atomic E-state index is 0.203. The van der Waals surface area contributed by atoms with Crippen molar-refractivity contribution in [1.82, 2.24) is 25.1 Å². The predicted molar refractivity (Wildman–Crippen MR) is 179 cm³/mol. The van der Waals surface area contributed by atoms with Crippen molar-refractivity contribution in [3.05, 3.63) is 48.4 Å². The molecular formula is C35H50N6O7. The van der Waals surface area contributed by atoms with Gasteiger partial charge in [-0.3, -0.25) is 14.4 Å². The van der Waals surface area contributed by atoms with Crippen LogP contribution in [0.25, 0.3) is 0 Å². The molecule has 0 spiro atoms. The van der Waals surface area contributed by atoms with E-state index in [1.807, 2.05) is 30.3 Å². The maximum atomic E-state index is 14.0. The highest BCUT2D eigenvalue weighted by molar-refractivity contribution is 5.98. The summed E-state index contributed by atoms with van der Waals surface area (Å²) in [6.07, 6.45) is 9.10. The molecule has 1 aliphatic heterocycles. The van der Waals surface area contributed by atoms with Crippen LogP contribution in [-0.4, -0.2) is 81.1 Å². The monoisotopic (exact) mass is 666 g/mol. The van der Waals surface area contributed by atoms with Crippen LogP contribution in [0.3, 0.4) is 0 Å². The molecule has 4 rings (SSSR count). The van der Waals surface area contributed by atoms with Crippen LogP contribution in [0.5, 0.6) is 0 Å². The third kappa shape index (κ3) is 9.57. The molecule has 2 aromatic rings. The number of nitrogens with zero attached hydrogens (tertiary/aromatic N) is 3. The second kappa shape index (κ2) is 15.7. The maximum absolute atomic E-state index is 14.0. The smallest absolute Gasteiger partial charge is 0.408 e. The number of aromatic nitrogens is 2. The van der Waals surface area contributed by atoms with E-state index in [-0.39, 0.29) is 17.6 Å². The maximum Gasteiger partial charge on any atom is 0.408 e. The van der Waals surface area contributed by atoms with Gasteiger partial charge in [0.25, 0.3) is 5.91 Å². The van der Waals surface area contributed by atoms with Crippen LogP contribution < -0.4 is 16.0 Å². The van der Waals surface area contributed by atoms with Crippen LogP contribution in [0.4, 0.5) is 10.6 Å². The Hall–Kier alpha value is -4.42. The first-order valence-corrected chi connectivity index (χ1v) is 16.8. The molecule has 13 nitrogen and oxygen atoms in total. The Morgan fingerprint density at radius 2 is 1.65 bits per heavy atom. The number of ether oxygens (including phenoxy) is 2. The number of hydrogen-bond donors (Lipinski definition) is 3. The number of nitrogens with one attached hydrogen (secondary N) is 3. The lowest BCUT2D eigenvalue weighted by molar-refractivity contribution is -0.151. The lowest BCUT2D eigenvalue weighted by Crippen LogP contribution is -2.59. The number of methoxy groups -OCH3 is 1. The number of imidazole rings is 1. The first-order valence-electron chi connectivity index (χ1n) is 16.8. The van der Waals surface area contributed by atoms with E-state index in [2.05, 4.69) is 20.9 Å². The van der Waals surface area contributed by atoms with Crippen LogP contribution in [0, 0.1) is 5.92 Å². The lowest BCUT2D eigenvalue weighted by Gasteiger charge is -2.31. The number of benzene rings is 1. The molecule has 1 saturated heterocycles. The highest BCUT2D eigenvalue weighted by Gasteiger charge is 2.39. The van der Waals surface area contributed by atoms with Crippen LogP contribution in [-0.2, 0) is 28.7 Å². The highest BCUT2D eigenvalue weighted by atomic mass is 16.6. The molecule has 3 N–H and O–H groups in total. The Balaban J connectivity index is 1.54. The van der Waals surface area contributed by atoms with Gasteiger partial charge in [0.2, 0.25) is 11.8 Å². The Bertz CT molecular complexity index is 1440. The van der Waals surface area contributed by atoms with Gasteiger partial charge in [-0.1, -0.05) is 62.4 Å². The van der Waals surface area contributed by atoms with E-state index in [1.54, 1.807) is 50.3 Å². The Labute approximate surface area is 282 Å². The quantitative estimate of drug-likeness (QED) is 0.299. The largest absolute Gasteiger partial charge is 0.467 e. The summed E-state index contributed by atoms with van der Waals surface area (Å²) in [5, 5.41) is 8.30. The molecule has 1 aliphatic carbocycles. The molecule has 48 heavy (non-hydrogen) atoms. The molecule has 2 heterocycles. The van der Waals surface area contributed by atoms with Crippen molar-refractivity contribution in [2.75, 3.05) is 19.0 Å². The summed E-state index contributed by atoms with van der Waals surface area (Å²) in [6.45, 7) is 8.71. The van der Waals surface area contributed by atoms with E-state index in [9.17, 15) is 24.0 Å². The molecule has 2 aliphatic rings. The average Bonchev–Trinajstić information content (AvgIpc) is 3.70. The van der Waals surface area contributed by atoms with Crippen LogP contribution in [0.1, 0.15) is 97.6 Å². The van der Waals surface area contributed by atoms with Gasteiger partial charge in [-0.2, -0.15) is 0 Å². The molecule has 0 bridgehead atoms. The summed E-state index contributed by atoms with van der Waals surface area (Å²) in [4.78, 5) is 72.1. The molecule has 13 heteroatoms. The summed E-state index contributed by atoms with van der Waals surface area (Å²) in [5.74, 6) is -1.28. The summed E-state index contributed by atoms with van der Waals surface area (Å²) in [7, 11) is 1.31. The fraction of sp³-hybridized carbons (Fsp3) is 0.600. The van der Waals surface area contributed by atoms with Crippen molar-refractivity contribution < 1.29 is 33.4 Å². The standard InChI is InChI=1S/C35H50N6O7/c1-34(2,3)48-33(46)39-35(4,5)32(45)37-25(20-23-14-9-7-10-15-23)29(42)38-27-21-40(22-36-27)28(24-16-11-8-12-17-24)30(43)41-19-13-18-26(41)31(44)47-6/h8,11-12,16-17,21-23,25-26,28H,7,9-10,13-15,18-20H2,1-6H3,(H,37,45)(H,38,42)(H,39,46). The third-order valence-corrected chi connectivity index (χ3v) is 8.81. The molecule has 3 unspecified atom stereocenters. The molecule has 1 aromatic carbocycles. The number of hydrogen-bond acceptors (Lipinski definition) is 8. The number of esters is 1. The van der Waals surface area contributed by atoms with Crippen molar-refractivity contribution in [3.63, 3.8) is 0 Å². The normalized spacial score (nSPS) is 18.4. The SMILES string of the molecule is COC(=O)C1CCCN1C(=O)C(c1ccccc1)n1cnc(NC(=O)C(CC2CCCCC2)NC(=O)C(C)(C)NC(=O)OC(C)(C)C)c1. The molecule has 3 atom stereocenters. The molecule has 2 fully saturated rings. The number of likely N-dealkylation sites (tertiary alicyclic amines) is 1. The van der Waals surface area contributed by atoms with Crippen molar-refractivity contribution in [2.24, 2.45) is 5.92 Å². The van der Waals surface area contributed by atoms with Gasteiger partial charge in [-0.25, -0.2) is 14.6 Å². The molecule has 4 amide bonds. The van der Waals surface area contributed by atoms with Crippen LogP contribution in [0.15, 0.2) is 42.9 Å². The topological polar surface area (TPSA) is 161 Å². The first kappa shape index (κ1) is 36.4. The fourth-order valence-corrected chi connectivity index (χ4v) is 6.34. The molecular weight excluding hydrogens is 616 g/mol. The van der Waals surface area contributed by atoms with E-state index in [1.165, 1.54) is 13.4 Å². The Morgan fingerprint density at radius 1 is 0.958 bits per heavy atom. The zero-order chi connectivity index (χ0) is 35.1. The van der Waals surface area contributed by atoms with E-state index in [0.717, 1.165) is 32.1 Å². The van der Waals surface area contributed by atoms with Gasteiger partial charge in [-0.05, 0) is 65.4 Å². The van der Waals surface area contributed by atoms with Crippen molar-refractivity contribution >= 4 is 35.6 Å². The number of carbonyl (C=O) groups excluding carboxylic acids is 5. The fourth-order valence-electron chi connectivity index (χ4n) is 6.34. The minimum atomic E-state index is -1.37. The molecule has 1 saturated carbocycles. The van der Waals surface area contributed by atoms with Gasteiger partial charge in [0.15, 0.2) is 5.82 Å². The number of alkyl carbamates (subject to hydrolysis) is 1. The number of amides is 4. The summed E-state index contributed by atoms with van der Waals surface area (Å²) >= 11 is 0. The highest BCUT2D eigenvalue weighted by Crippen LogP contribution is 2.29. The van der Waals surface area contributed by atoms with Crippen LogP contribution in [0.2, 0.25) is 0 Å². The van der Waals surface area contributed by atoms with Gasteiger partial charge < -0.3 is 34.9 Å². The number of rotatable bonds is 11. The zero-order valence-corrected chi connectivity index (χ0v) is 28.9. The Kier molecular flexibility index (Phi) is 11.9. The molecule has 262 valence electrons. The predicted octanol–water partition coefficient (Wildman–Crippen LogP) is 4.33. The van der Waals surface area contributed by atoms with Gasteiger partial charge in [0.1, 0.15) is 29.3 Å². The van der Waals surface area contributed by atoms with Crippen molar-refractivity contribution in [3.8, 4) is 0 Å². The second-order valence-corrected chi connectivity index (χ2v) is 14.2. The van der Waals surface area contributed by atoms with Crippen molar-refractivity contribution in [1.29, 1.82) is 0 Å². The number of anilines is 1. The summed E-state index contributed by atoms with van der Waals surface area (Å²) < 4.78 is 11.9. The number of carbonyl (C=O) groups is 5. The minimum Gasteiger partial charge on any atom is -0.467 e. The van der Waals surface area contributed by atoms with Gasteiger partial charge in [-0.15, -0.1) is 0 Å². The first-order chi connectivity index (χ1) is 22.7. The second-order valence-electron chi connectivity index (χ2n) is 14.2. The summed E-state index contributed by atoms with van der Waals surface area (Å²) in [5.41, 5.74) is -1.42.